The number of likely N-dealkylation sites (tertiary alicyclic amines) is 1. The molecule has 0 saturated carbocycles. The van der Waals surface area contributed by atoms with E-state index in [2.05, 4.69) is 24.1 Å². The second-order valence-corrected chi connectivity index (χ2v) is 7.21. The molecule has 0 aromatic heterocycles. The molecule has 2 rings (SSSR count). The van der Waals surface area contributed by atoms with Crippen molar-refractivity contribution in [3.05, 3.63) is 29.8 Å². The average Bonchev–Trinajstić information content (AvgIpc) is 2.53. The van der Waals surface area contributed by atoms with Gasteiger partial charge in [0.05, 0.1) is 11.7 Å². The molecule has 1 aliphatic heterocycles. The lowest BCUT2D eigenvalue weighted by Gasteiger charge is -2.41. The zero-order valence-corrected chi connectivity index (χ0v) is 14.9. The molecule has 4 nitrogen and oxygen atoms in total. The summed E-state index contributed by atoms with van der Waals surface area (Å²) in [5.41, 5.74) is 0.583. The van der Waals surface area contributed by atoms with Crippen LogP contribution in [0.5, 0.6) is 5.75 Å². The Labute approximate surface area is 140 Å². The summed E-state index contributed by atoms with van der Waals surface area (Å²) in [5, 5.41) is 3.09. The summed E-state index contributed by atoms with van der Waals surface area (Å²) in [7, 11) is 0. The summed E-state index contributed by atoms with van der Waals surface area (Å²) in [4.78, 5) is 15.0. The fourth-order valence-corrected chi connectivity index (χ4v) is 3.01. The molecule has 1 heterocycles. The maximum atomic E-state index is 12.6. The molecule has 128 valence electrons. The lowest BCUT2D eigenvalue weighted by Crippen LogP contribution is -2.53. The molecule has 0 bridgehead atoms. The summed E-state index contributed by atoms with van der Waals surface area (Å²) < 4.78 is 5.74. The number of piperidine rings is 1. The summed E-state index contributed by atoms with van der Waals surface area (Å²) in [6.45, 7) is 11.2. The summed E-state index contributed by atoms with van der Waals surface area (Å²) >= 11 is 0. The van der Waals surface area contributed by atoms with E-state index in [0.29, 0.717) is 17.9 Å². The third-order valence-electron chi connectivity index (χ3n) is 4.39. The van der Waals surface area contributed by atoms with Gasteiger partial charge >= 0.3 is 0 Å². The zero-order chi connectivity index (χ0) is 16.9. The molecular weight excluding hydrogens is 288 g/mol. The summed E-state index contributed by atoms with van der Waals surface area (Å²) in [5.74, 6) is 0.585. The van der Waals surface area contributed by atoms with Crippen LogP contribution in [0, 0.1) is 0 Å². The molecule has 1 aliphatic rings. The Morgan fingerprint density at radius 1 is 1.22 bits per heavy atom. The third-order valence-corrected chi connectivity index (χ3v) is 4.39. The van der Waals surface area contributed by atoms with Gasteiger partial charge in [-0.1, -0.05) is 18.6 Å². The lowest BCUT2D eigenvalue weighted by atomic mass is 9.98. The van der Waals surface area contributed by atoms with Gasteiger partial charge in [-0.15, -0.1) is 0 Å². The molecule has 0 radical (unpaired) electrons. The molecule has 0 aliphatic carbocycles. The fourth-order valence-electron chi connectivity index (χ4n) is 3.01. The molecule has 1 saturated heterocycles. The first-order valence-electron chi connectivity index (χ1n) is 8.69. The van der Waals surface area contributed by atoms with Gasteiger partial charge in [-0.05, 0) is 65.8 Å². The van der Waals surface area contributed by atoms with Crippen LogP contribution < -0.4 is 10.1 Å². The number of nitrogens with zero attached hydrogens (tertiary/aromatic N) is 1. The first-order valence-corrected chi connectivity index (χ1v) is 8.69. The number of carbonyl (C=O) groups excluding carboxylic acids is 1. The van der Waals surface area contributed by atoms with Gasteiger partial charge in [0.1, 0.15) is 5.75 Å². The van der Waals surface area contributed by atoms with Crippen molar-refractivity contribution in [3.8, 4) is 5.75 Å². The Morgan fingerprint density at radius 2 is 1.87 bits per heavy atom. The number of rotatable bonds is 6. The van der Waals surface area contributed by atoms with Gasteiger partial charge in [0.2, 0.25) is 0 Å². The average molecular weight is 318 g/mol. The van der Waals surface area contributed by atoms with Crippen molar-refractivity contribution in [3.63, 3.8) is 0 Å². The van der Waals surface area contributed by atoms with E-state index in [0.717, 1.165) is 13.1 Å². The minimum absolute atomic E-state index is 0.0239. The normalized spacial score (nSPS) is 16.4. The molecule has 1 aromatic rings. The highest BCUT2D eigenvalue weighted by atomic mass is 16.5. The Balaban J connectivity index is 1.99. The van der Waals surface area contributed by atoms with E-state index in [1.807, 2.05) is 38.1 Å². The molecule has 0 atom stereocenters. The third kappa shape index (κ3) is 4.96. The number of para-hydroxylation sites is 1. The second kappa shape index (κ2) is 7.82. The molecule has 0 unspecified atom stereocenters. The molecule has 4 heteroatoms. The van der Waals surface area contributed by atoms with Crippen LogP contribution in [-0.2, 0) is 0 Å². The van der Waals surface area contributed by atoms with Crippen LogP contribution in [-0.4, -0.2) is 42.1 Å². The molecule has 1 fully saturated rings. The number of carbonyl (C=O) groups is 1. The minimum atomic E-state index is -0.0636. The Bertz CT molecular complexity index is 520. The maximum Gasteiger partial charge on any atom is 0.255 e. The Hall–Kier alpha value is -1.55. The maximum absolute atomic E-state index is 12.6. The standard InChI is InChI=1S/C19H30N2O2/c1-15(2)23-17-11-7-6-10-16(17)18(22)20-14-19(3,4)21-12-8-5-9-13-21/h6-7,10-11,15H,5,8-9,12-14H2,1-4H3,(H,20,22). The molecule has 23 heavy (non-hydrogen) atoms. The Kier molecular flexibility index (Phi) is 6.05. The lowest BCUT2D eigenvalue weighted by molar-refractivity contribution is 0.0794. The predicted octanol–water partition coefficient (Wildman–Crippen LogP) is 3.47. The molecule has 1 aromatic carbocycles. The first kappa shape index (κ1) is 17.8. The highest BCUT2D eigenvalue weighted by Crippen LogP contribution is 2.22. The number of ether oxygens (including phenoxy) is 1. The number of hydrogen-bond donors (Lipinski definition) is 1. The van der Waals surface area contributed by atoms with Crippen molar-refractivity contribution in [2.24, 2.45) is 0 Å². The summed E-state index contributed by atoms with van der Waals surface area (Å²) in [6.07, 6.45) is 3.87. The topological polar surface area (TPSA) is 41.6 Å². The van der Waals surface area contributed by atoms with Crippen molar-refractivity contribution in [1.29, 1.82) is 0 Å². The van der Waals surface area contributed by atoms with Gasteiger partial charge in [-0.25, -0.2) is 0 Å². The molecular formula is C19H30N2O2. The van der Waals surface area contributed by atoms with Crippen LogP contribution in [0.15, 0.2) is 24.3 Å². The van der Waals surface area contributed by atoms with Crippen molar-refractivity contribution < 1.29 is 9.53 Å². The van der Waals surface area contributed by atoms with Gasteiger partial charge in [-0.2, -0.15) is 0 Å². The fraction of sp³-hybridized carbons (Fsp3) is 0.632. The minimum Gasteiger partial charge on any atom is -0.490 e. The van der Waals surface area contributed by atoms with E-state index in [1.165, 1.54) is 19.3 Å². The predicted molar refractivity (Wildman–Crippen MR) is 94.0 cm³/mol. The van der Waals surface area contributed by atoms with Crippen molar-refractivity contribution >= 4 is 5.91 Å². The van der Waals surface area contributed by atoms with Gasteiger partial charge in [0.25, 0.3) is 5.91 Å². The van der Waals surface area contributed by atoms with E-state index in [1.54, 1.807) is 0 Å². The largest absolute Gasteiger partial charge is 0.490 e. The molecule has 0 spiro atoms. The van der Waals surface area contributed by atoms with E-state index in [9.17, 15) is 4.79 Å². The summed E-state index contributed by atoms with van der Waals surface area (Å²) in [6, 6.07) is 7.44. The smallest absolute Gasteiger partial charge is 0.255 e. The van der Waals surface area contributed by atoms with Crippen molar-refractivity contribution in [2.45, 2.75) is 58.6 Å². The molecule has 1 N–H and O–H groups in total. The quantitative estimate of drug-likeness (QED) is 0.873. The Morgan fingerprint density at radius 3 is 2.52 bits per heavy atom. The SMILES string of the molecule is CC(C)Oc1ccccc1C(=O)NCC(C)(C)N1CCCCC1. The molecule has 1 amide bonds. The number of nitrogens with one attached hydrogen (secondary N) is 1. The van der Waals surface area contributed by atoms with Crippen molar-refractivity contribution in [1.82, 2.24) is 10.2 Å². The van der Waals surface area contributed by atoms with Crippen LogP contribution in [0.4, 0.5) is 0 Å². The van der Waals surface area contributed by atoms with E-state index < -0.39 is 0 Å². The number of benzene rings is 1. The highest BCUT2D eigenvalue weighted by Gasteiger charge is 2.28. The van der Waals surface area contributed by atoms with Crippen molar-refractivity contribution in [2.75, 3.05) is 19.6 Å². The number of hydrogen-bond acceptors (Lipinski definition) is 3. The van der Waals surface area contributed by atoms with E-state index in [4.69, 9.17) is 4.74 Å². The van der Waals surface area contributed by atoms with Crippen LogP contribution >= 0.6 is 0 Å². The van der Waals surface area contributed by atoms with Crippen LogP contribution in [0.25, 0.3) is 0 Å². The monoisotopic (exact) mass is 318 g/mol. The van der Waals surface area contributed by atoms with Gasteiger partial charge in [0, 0.05) is 12.1 Å². The highest BCUT2D eigenvalue weighted by molar-refractivity contribution is 5.96. The zero-order valence-electron chi connectivity index (χ0n) is 14.9. The van der Waals surface area contributed by atoms with Gasteiger partial charge < -0.3 is 10.1 Å². The van der Waals surface area contributed by atoms with Gasteiger partial charge in [0.15, 0.2) is 0 Å². The van der Waals surface area contributed by atoms with E-state index >= 15 is 0 Å². The van der Waals surface area contributed by atoms with Crippen LogP contribution in [0.1, 0.15) is 57.3 Å². The first-order chi connectivity index (χ1) is 10.9. The van der Waals surface area contributed by atoms with E-state index in [-0.39, 0.29) is 17.6 Å². The number of amides is 1. The second-order valence-electron chi connectivity index (χ2n) is 7.21. The van der Waals surface area contributed by atoms with Crippen LogP contribution in [0.3, 0.4) is 0 Å². The van der Waals surface area contributed by atoms with Crippen LogP contribution in [0.2, 0.25) is 0 Å². The van der Waals surface area contributed by atoms with Gasteiger partial charge in [-0.3, -0.25) is 9.69 Å².